The van der Waals surface area contributed by atoms with Gasteiger partial charge in [-0.15, -0.1) is 0 Å². The van der Waals surface area contributed by atoms with Crippen LogP contribution in [0.25, 0.3) is 0 Å². The quantitative estimate of drug-likeness (QED) is 0.888. The number of aliphatic hydroxyl groups is 1. The monoisotopic (exact) mass is 247 g/mol. The molecule has 0 aromatic heterocycles. The molecule has 1 N–H and O–H groups in total. The van der Waals surface area contributed by atoms with Crippen LogP contribution in [0.2, 0.25) is 0 Å². The summed E-state index contributed by atoms with van der Waals surface area (Å²) >= 11 is 0. The van der Waals surface area contributed by atoms with Crippen molar-refractivity contribution in [3.8, 4) is 0 Å². The molecule has 1 aliphatic heterocycles. The third-order valence-corrected chi connectivity index (χ3v) is 4.00. The average Bonchev–Trinajstić information content (AvgIpc) is 2.53. The van der Waals surface area contributed by atoms with Gasteiger partial charge in [0, 0.05) is 12.6 Å². The van der Waals surface area contributed by atoms with E-state index in [0.717, 1.165) is 24.9 Å². The predicted molar refractivity (Wildman–Crippen MR) is 75.6 cm³/mol. The maximum Gasteiger partial charge on any atom is 0.104 e. The van der Waals surface area contributed by atoms with Crippen LogP contribution in [0.1, 0.15) is 38.3 Å². The van der Waals surface area contributed by atoms with E-state index < -0.39 is 5.60 Å². The number of likely N-dealkylation sites (tertiary alicyclic amines) is 1. The van der Waals surface area contributed by atoms with E-state index in [1.807, 2.05) is 0 Å². The van der Waals surface area contributed by atoms with Crippen LogP contribution in [-0.4, -0.2) is 29.6 Å². The Morgan fingerprint density at radius 1 is 1.44 bits per heavy atom. The van der Waals surface area contributed by atoms with Crippen molar-refractivity contribution in [2.24, 2.45) is 5.92 Å². The second-order valence-electron chi connectivity index (χ2n) is 6.30. The number of likely N-dealkylation sites (N-methyl/N-ethyl adjacent to an activating group) is 1. The normalized spacial score (nSPS) is 29.1. The minimum absolute atomic E-state index is 0.448. The van der Waals surface area contributed by atoms with Crippen LogP contribution < -0.4 is 0 Å². The molecule has 1 saturated heterocycles. The first-order valence-corrected chi connectivity index (χ1v) is 6.93. The van der Waals surface area contributed by atoms with Crippen molar-refractivity contribution in [3.05, 3.63) is 35.4 Å². The smallest absolute Gasteiger partial charge is 0.104 e. The summed E-state index contributed by atoms with van der Waals surface area (Å²) in [6.45, 7) is 7.37. The van der Waals surface area contributed by atoms with Gasteiger partial charge in [0.2, 0.25) is 0 Å². The molecule has 1 fully saturated rings. The van der Waals surface area contributed by atoms with Crippen molar-refractivity contribution in [2.45, 2.75) is 45.3 Å². The summed E-state index contributed by atoms with van der Waals surface area (Å²) in [5.41, 5.74) is 1.75. The number of nitrogens with zero attached hydrogens (tertiary/aromatic N) is 1. The van der Waals surface area contributed by atoms with Crippen LogP contribution in [0.4, 0.5) is 0 Å². The number of benzene rings is 1. The molecule has 1 aromatic carbocycles. The predicted octanol–water partition coefficient (Wildman–Crippen LogP) is 2.80. The van der Waals surface area contributed by atoms with E-state index in [2.05, 4.69) is 57.0 Å². The van der Waals surface area contributed by atoms with Crippen molar-refractivity contribution < 1.29 is 5.11 Å². The molecule has 1 aliphatic rings. The van der Waals surface area contributed by atoms with Gasteiger partial charge in [-0.3, -0.25) is 0 Å². The van der Waals surface area contributed by atoms with E-state index in [4.69, 9.17) is 0 Å². The topological polar surface area (TPSA) is 23.5 Å². The van der Waals surface area contributed by atoms with Gasteiger partial charge in [0.1, 0.15) is 5.60 Å². The summed E-state index contributed by atoms with van der Waals surface area (Å²) in [7, 11) is 2.08. The van der Waals surface area contributed by atoms with Gasteiger partial charge in [-0.05, 0) is 43.9 Å². The Bertz CT molecular complexity index is 403. The van der Waals surface area contributed by atoms with E-state index in [0.29, 0.717) is 12.0 Å². The first-order chi connectivity index (χ1) is 8.40. The van der Waals surface area contributed by atoms with Gasteiger partial charge < -0.3 is 10.0 Å². The maximum atomic E-state index is 10.8. The molecule has 0 bridgehead atoms. The van der Waals surface area contributed by atoms with Gasteiger partial charge in [-0.1, -0.05) is 38.1 Å². The summed E-state index contributed by atoms with van der Waals surface area (Å²) in [5.74, 6) is 0.653. The average molecular weight is 247 g/mol. The van der Waals surface area contributed by atoms with Gasteiger partial charge in [-0.25, -0.2) is 0 Å². The van der Waals surface area contributed by atoms with E-state index in [1.54, 1.807) is 0 Å². The summed E-state index contributed by atoms with van der Waals surface area (Å²) < 4.78 is 0. The Morgan fingerprint density at radius 2 is 2.17 bits per heavy atom. The zero-order chi connectivity index (χ0) is 13.3. The molecular weight excluding hydrogens is 222 g/mol. The molecular formula is C16H25NO. The molecule has 2 unspecified atom stereocenters. The summed E-state index contributed by atoms with van der Waals surface area (Å²) in [4.78, 5) is 2.23. The second kappa shape index (κ2) is 5.02. The highest BCUT2D eigenvalue weighted by molar-refractivity contribution is 5.30. The van der Waals surface area contributed by atoms with E-state index >= 15 is 0 Å². The Kier molecular flexibility index (Phi) is 3.79. The lowest BCUT2D eigenvalue weighted by Gasteiger charge is -2.23. The molecule has 2 heteroatoms. The van der Waals surface area contributed by atoms with Crippen LogP contribution >= 0.6 is 0 Å². The minimum Gasteiger partial charge on any atom is -0.384 e. The standard InChI is InChI=1S/C16H25NO/c1-12(2)8-14-6-5-7-15(9-14)16(18)10-13(3)17(4)11-16/h5-7,9,12-13,18H,8,10-11H2,1-4H3. The van der Waals surface area contributed by atoms with E-state index in [9.17, 15) is 5.11 Å². The van der Waals surface area contributed by atoms with Crippen LogP contribution in [0.5, 0.6) is 0 Å². The molecule has 0 spiro atoms. The molecule has 0 aliphatic carbocycles. The van der Waals surface area contributed by atoms with Crippen LogP contribution in [0.3, 0.4) is 0 Å². The molecule has 2 atom stereocenters. The van der Waals surface area contributed by atoms with Crippen molar-refractivity contribution in [2.75, 3.05) is 13.6 Å². The summed E-state index contributed by atoms with van der Waals surface area (Å²) in [6.07, 6.45) is 1.91. The molecule has 2 nitrogen and oxygen atoms in total. The molecule has 0 saturated carbocycles. The van der Waals surface area contributed by atoms with Crippen molar-refractivity contribution in [1.29, 1.82) is 0 Å². The largest absolute Gasteiger partial charge is 0.384 e. The van der Waals surface area contributed by atoms with Crippen LogP contribution in [-0.2, 0) is 12.0 Å². The first-order valence-electron chi connectivity index (χ1n) is 6.93. The minimum atomic E-state index is -0.666. The first kappa shape index (κ1) is 13.6. The SMILES string of the molecule is CC(C)Cc1cccc(C2(O)CC(C)N(C)C2)c1. The maximum absolute atomic E-state index is 10.8. The lowest BCUT2D eigenvalue weighted by atomic mass is 9.89. The zero-order valence-corrected chi connectivity index (χ0v) is 12.0. The molecule has 100 valence electrons. The highest BCUT2D eigenvalue weighted by Crippen LogP contribution is 2.35. The van der Waals surface area contributed by atoms with Crippen molar-refractivity contribution in [1.82, 2.24) is 4.90 Å². The third kappa shape index (κ3) is 2.76. The fraction of sp³-hybridized carbons (Fsp3) is 0.625. The number of hydrogen-bond acceptors (Lipinski definition) is 2. The second-order valence-corrected chi connectivity index (χ2v) is 6.30. The fourth-order valence-corrected chi connectivity index (χ4v) is 2.95. The molecule has 0 amide bonds. The molecule has 1 aromatic rings. The van der Waals surface area contributed by atoms with E-state index in [1.165, 1.54) is 5.56 Å². The zero-order valence-electron chi connectivity index (χ0n) is 12.0. The summed E-state index contributed by atoms with van der Waals surface area (Å²) in [5, 5.41) is 10.8. The highest BCUT2D eigenvalue weighted by Gasteiger charge is 2.40. The van der Waals surface area contributed by atoms with Gasteiger partial charge in [-0.2, -0.15) is 0 Å². The molecule has 0 radical (unpaired) electrons. The van der Waals surface area contributed by atoms with Crippen LogP contribution in [0, 0.1) is 5.92 Å². The lowest BCUT2D eigenvalue weighted by molar-refractivity contribution is 0.0485. The third-order valence-electron chi connectivity index (χ3n) is 4.00. The van der Waals surface area contributed by atoms with Gasteiger partial charge in [0.05, 0.1) is 0 Å². The molecule has 18 heavy (non-hydrogen) atoms. The van der Waals surface area contributed by atoms with Gasteiger partial charge in [0.15, 0.2) is 0 Å². The highest BCUT2D eigenvalue weighted by atomic mass is 16.3. The Morgan fingerprint density at radius 3 is 2.72 bits per heavy atom. The summed E-state index contributed by atoms with van der Waals surface area (Å²) in [6, 6.07) is 8.94. The molecule has 2 rings (SSSR count). The fourth-order valence-electron chi connectivity index (χ4n) is 2.95. The molecule has 1 heterocycles. The van der Waals surface area contributed by atoms with Gasteiger partial charge in [0.25, 0.3) is 0 Å². The van der Waals surface area contributed by atoms with Gasteiger partial charge >= 0.3 is 0 Å². The van der Waals surface area contributed by atoms with Crippen LogP contribution in [0.15, 0.2) is 24.3 Å². The van der Waals surface area contributed by atoms with Crippen molar-refractivity contribution >= 4 is 0 Å². The number of rotatable bonds is 3. The number of hydrogen-bond donors (Lipinski definition) is 1. The Labute approximate surface area is 111 Å². The Hall–Kier alpha value is -0.860. The van der Waals surface area contributed by atoms with E-state index in [-0.39, 0.29) is 0 Å². The number of β-amino-alcohol motifs (C(OH)–C–C–N with tert-alkyl or cyclic N) is 1. The lowest BCUT2D eigenvalue weighted by Crippen LogP contribution is -2.29. The van der Waals surface area contributed by atoms with Crippen molar-refractivity contribution in [3.63, 3.8) is 0 Å². The Balaban J connectivity index is 2.23.